The van der Waals surface area contributed by atoms with Gasteiger partial charge in [-0.15, -0.1) is 0 Å². The Kier molecular flexibility index (Phi) is 3.58. The van der Waals surface area contributed by atoms with E-state index in [-0.39, 0.29) is 6.10 Å². The molecule has 3 heteroatoms. The molecule has 1 N–H and O–H groups in total. The van der Waals surface area contributed by atoms with Crippen LogP contribution in [0.3, 0.4) is 0 Å². The number of aryl methyl sites for hydroxylation is 2. The fraction of sp³-hybridized carbons (Fsp3) is 0.375. The highest BCUT2D eigenvalue weighted by Gasteiger charge is 2.22. The Morgan fingerprint density at radius 2 is 2.21 bits per heavy atom. The van der Waals surface area contributed by atoms with E-state index in [2.05, 4.69) is 48.1 Å². The normalized spacial score (nSPS) is 17.3. The van der Waals surface area contributed by atoms with Gasteiger partial charge in [0.1, 0.15) is 11.9 Å². The van der Waals surface area contributed by atoms with Crippen molar-refractivity contribution >= 4 is 11.3 Å². The summed E-state index contributed by atoms with van der Waals surface area (Å²) in [6.45, 7) is 6.14. The summed E-state index contributed by atoms with van der Waals surface area (Å²) < 4.78 is 5.95. The van der Waals surface area contributed by atoms with E-state index in [4.69, 9.17) is 4.74 Å². The summed E-state index contributed by atoms with van der Waals surface area (Å²) in [5.41, 5.74) is 5.43. The molecule has 2 aromatic rings. The third kappa shape index (κ3) is 2.82. The average Bonchev–Trinajstić information content (AvgIpc) is 2.95. The molecule has 0 radical (unpaired) electrons. The summed E-state index contributed by atoms with van der Waals surface area (Å²) in [6.07, 6.45) is 1.29. The Balaban J connectivity index is 1.52. The highest BCUT2D eigenvalue weighted by molar-refractivity contribution is 7.08. The van der Waals surface area contributed by atoms with Crippen molar-refractivity contribution in [2.75, 3.05) is 6.54 Å². The monoisotopic (exact) mass is 273 g/mol. The lowest BCUT2D eigenvalue weighted by Gasteiger charge is -2.11. The van der Waals surface area contributed by atoms with Crippen LogP contribution in [0.15, 0.2) is 29.0 Å². The van der Waals surface area contributed by atoms with E-state index in [1.165, 1.54) is 22.3 Å². The largest absolute Gasteiger partial charge is 0.488 e. The van der Waals surface area contributed by atoms with Gasteiger partial charge in [0, 0.05) is 19.5 Å². The van der Waals surface area contributed by atoms with E-state index < -0.39 is 0 Å². The van der Waals surface area contributed by atoms with Crippen LogP contribution in [-0.2, 0) is 13.0 Å². The van der Waals surface area contributed by atoms with Gasteiger partial charge in [-0.3, -0.25) is 0 Å². The van der Waals surface area contributed by atoms with Gasteiger partial charge in [-0.2, -0.15) is 11.3 Å². The second kappa shape index (κ2) is 5.35. The standard InChI is InChI=1S/C16H19NOS/c1-11-3-4-16-13(5-11)6-15(18-16)8-17-7-14-10-19-9-12(14)2/h3-5,9-10,15,17H,6-8H2,1-2H3. The van der Waals surface area contributed by atoms with Crippen LogP contribution in [-0.4, -0.2) is 12.6 Å². The second-order valence-corrected chi connectivity index (χ2v) is 6.01. The van der Waals surface area contributed by atoms with Crippen LogP contribution in [0.4, 0.5) is 0 Å². The van der Waals surface area contributed by atoms with Crippen molar-refractivity contribution in [2.24, 2.45) is 0 Å². The fourth-order valence-corrected chi connectivity index (χ4v) is 3.36. The molecule has 0 saturated heterocycles. The highest BCUT2D eigenvalue weighted by Crippen LogP contribution is 2.29. The van der Waals surface area contributed by atoms with E-state index >= 15 is 0 Å². The molecule has 1 atom stereocenters. The summed E-state index contributed by atoms with van der Waals surface area (Å²) in [5, 5.41) is 7.92. The van der Waals surface area contributed by atoms with Crippen LogP contribution < -0.4 is 10.1 Å². The third-order valence-corrected chi connectivity index (χ3v) is 4.52. The Labute approximate surface area is 118 Å². The lowest BCUT2D eigenvalue weighted by Crippen LogP contribution is -2.29. The number of rotatable bonds is 4. The summed E-state index contributed by atoms with van der Waals surface area (Å²) in [4.78, 5) is 0. The molecule has 1 aromatic carbocycles. The zero-order valence-electron chi connectivity index (χ0n) is 11.4. The number of benzene rings is 1. The summed E-state index contributed by atoms with van der Waals surface area (Å²) in [6, 6.07) is 6.44. The third-order valence-electron chi connectivity index (χ3n) is 3.61. The van der Waals surface area contributed by atoms with E-state index in [1.54, 1.807) is 11.3 Å². The fourth-order valence-electron chi connectivity index (χ4n) is 2.50. The van der Waals surface area contributed by atoms with Crippen LogP contribution >= 0.6 is 11.3 Å². The quantitative estimate of drug-likeness (QED) is 0.921. The summed E-state index contributed by atoms with van der Waals surface area (Å²) in [5.74, 6) is 1.06. The molecule has 0 fully saturated rings. The Morgan fingerprint density at radius 1 is 1.32 bits per heavy atom. The Bertz CT molecular complexity index is 576. The number of fused-ring (bicyclic) bond motifs is 1. The maximum atomic E-state index is 5.95. The maximum absolute atomic E-state index is 5.95. The summed E-state index contributed by atoms with van der Waals surface area (Å²) in [7, 11) is 0. The molecule has 0 aliphatic carbocycles. The zero-order chi connectivity index (χ0) is 13.2. The van der Waals surface area contributed by atoms with Crippen molar-refractivity contribution in [3.63, 3.8) is 0 Å². The molecule has 2 heterocycles. The van der Waals surface area contributed by atoms with Gasteiger partial charge >= 0.3 is 0 Å². The predicted octanol–water partition coefficient (Wildman–Crippen LogP) is 3.46. The maximum Gasteiger partial charge on any atom is 0.123 e. The molecule has 0 bridgehead atoms. The number of nitrogens with one attached hydrogen (secondary N) is 1. The van der Waals surface area contributed by atoms with Gasteiger partial charge in [-0.1, -0.05) is 17.7 Å². The van der Waals surface area contributed by atoms with Gasteiger partial charge in [-0.25, -0.2) is 0 Å². The molecule has 100 valence electrons. The molecule has 0 amide bonds. The van der Waals surface area contributed by atoms with Crippen LogP contribution in [0, 0.1) is 13.8 Å². The lowest BCUT2D eigenvalue weighted by atomic mass is 10.1. The van der Waals surface area contributed by atoms with Gasteiger partial charge in [0.2, 0.25) is 0 Å². The van der Waals surface area contributed by atoms with Crippen LogP contribution in [0.2, 0.25) is 0 Å². The molecule has 3 rings (SSSR count). The summed E-state index contributed by atoms with van der Waals surface area (Å²) >= 11 is 1.77. The second-order valence-electron chi connectivity index (χ2n) is 5.27. The van der Waals surface area contributed by atoms with Crippen LogP contribution in [0.25, 0.3) is 0 Å². The number of thiophene rings is 1. The molecule has 0 saturated carbocycles. The molecule has 2 nitrogen and oxygen atoms in total. The minimum absolute atomic E-state index is 0.274. The van der Waals surface area contributed by atoms with Crippen molar-refractivity contribution in [1.82, 2.24) is 5.32 Å². The molecular weight excluding hydrogens is 254 g/mol. The topological polar surface area (TPSA) is 21.3 Å². The van der Waals surface area contributed by atoms with Crippen molar-refractivity contribution in [3.05, 3.63) is 51.2 Å². The van der Waals surface area contributed by atoms with E-state index in [0.717, 1.165) is 25.3 Å². The first-order valence-corrected chi connectivity index (χ1v) is 7.65. The smallest absolute Gasteiger partial charge is 0.123 e. The van der Waals surface area contributed by atoms with Gasteiger partial charge in [0.05, 0.1) is 0 Å². The molecule has 0 spiro atoms. The molecule has 1 aliphatic rings. The SMILES string of the molecule is Cc1ccc2c(c1)CC(CNCc1cscc1C)O2. The van der Waals surface area contributed by atoms with Crippen molar-refractivity contribution in [3.8, 4) is 5.75 Å². The number of hydrogen-bond donors (Lipinski definition) is 1. The predicted molar refractivity (Wildman–Crippen MR) is 80.1 cm³/mol. The van der Waals surface area contributed by atoms with Crippen molar-refractivity contribution in [1.29, 1.82) is 0 Å². The van der Waals surface area contributed by atoms with E-state index in [9.17, 15) is 0 Å². The number of hydrogen-bond acceptors (Lipinski definition) is 3. The van der Waals surface area contributed by atoms with Gasteiger partial charge in [-0.05, 0) is 47.4 Å². The van der Waals surface area contributed by atoms with Crippen molar-refractivity contribution in [2.45, 2.75) is 32.9 Å². The zero-order valence-corrected chi connectivity index (χ0v) is 12.2. The van der Waals surface area contributed by atoms with E-state index in [0.29, 0.717) is 0 Å². The average molecular weight is 273 g/mol. The van der Waals surface area contributed by atoms with E-state index in [1.807, 2.05) is 0 Å². The molecule has 19 heavy (non-hydrogen) atoms. The van der Waals surface area contributed by atoms with Crippen LogP contribution in [0.5, 0.6) is 5.75 Å². The van der Waals surface area contributed by atoms with Gasteiger partial charge < -0.3 is 10.1 Å². The molecule has 1 aromatic heterocycles. The van der Waals surface area contributed by atoms with Gasteiger partial charge in [0.25, 0.3) is 0 Å². The first-order chi connectivity index (χ1) is 9.22. The number of ether oxygens (including phenoxy) is 1. The lowest BCUT2D eigenvalue weighted by molar-refractivity contribution is 0.227. The Morgan fingerprint density at radius 3 is 3.00 bits per heavy atom. The molecule has 1 aliphatic heterocycles. The van der Waals surface area contributed by atoms with Crippen molar-refractivity contribution < 1.29 is 4.74 Å². The Hall–Kier alpha value is -1.32. The molecule has 1 unspecified atom stereocenters. The highest BCUT2D eigenvalue weighted by atomic mass is 32.1. The minimum atomic E-state index is 0.274. The minimum Gasteiger partial charge on any atom is -0.488 e. The first kappa shape index (κ1) is 12.7. The first-order valence-electron chi connectivity index (χ1n) is 6.71. The molecular formula is C16H19NOS. The van der Waals surface area contributed by atoms with Gasteiger partial charge in [0.15, 0.2) is 0 Å². The van der Waals surface area contributed by atoms with Crippen LogP contribution in [0.1, 0.15) is 22.3 Å².